The number of carboxylic acid groups (broad SMARTS) is 1. The Morgan fingerprint density at radius 2 is 2.25 bits per heavy atom. The third-order valence-electron chi connectivity index (χ3n) is 4.44. The fraction of sp³-hybridized carbons (Fsp3) is 0.400. The van der Waals surface area contributed by atoms with Crippen LogP contribution in [0.2, 0.25) is 0 Å². The normalized spacial score (nSPS) is 22.8. The summed E-state index contributed by atoms with van der Waals surface area (Å²) < 4.78 is 0. The van der Waals surface area contributed by atoms with Gasteiger partial charge in [-0.25, -0.2) is 10.2 Å². The zero-order valence-corrected chi connectivity index (χ0v) is 13.8. The van der Waals surface area contributed by atoms with E-state index in [0.29, 0.717) is 13.1 Å². The van der Waals surface area contributed by atoms with E-state index < -0.39 is 6.09 Å². The number of carbonyl (C=O) groups is 2. The molecule has 0 bridgehead atoms. The number of nitrogens with one attached hydrogen (secondary N) is 2. The number of hydrogen-bond donors (Lipinski definition) is 3. The van der Waals surface area contributed by atoms with Gasteiger partial charge in [0.25, 0.3) is 5.91 Å². The fourth-order valence-corrected chi connectivity index (χ4v) is 4.04. The summed E-state index contributed by atoms with van der Waals surface area (Å²) in [7, 11) is 0. The van der Waals surface area contributed by atoms with Gasteiger partial charge in [0.2, 0.25) is 0 Å². The number of fused-ring (bicyclic) bond motifs is 3. The summed E-state index contributed by atoms with van der Waals surface area (Å²) in [5.74, 6) is 1.45. The smallest absolute Gasteiger partial charge is 0.407 e. The van der Waals surface area contributed by atoms with Crippen molar-refractivity contribution < 1.29 is 14.7 Å². The minimum atomic E-state index is -0.885. The molecular formula is C15H17N5O3S. The Bertz CT molecular complexity index is 747. The van der Waals surface area contributed by atoms with Crippen molar-refractivity contribution in [3.63, 3.8) is 0 Å². The first kappa shape index (κ1) is 15.1. The van der Waals surface area contributed by atoms with Gasteiger partial charge in [-0.15, -0.1) is 11.8 Å². The number of carbonyl (C=O) groups excluding carboxylic acids is 1. The van der Waals surface area contributed by atoms with E-state index in [1.807, 2.05) is 30.0 Å². The second-order valence-electron chi connectivity index (χ2n) is 6.05. The molecule has 3 aliphatic rings. The molecule has 4 rings (SSSR count). The molecule has 2 amide bonds. The van der Waals surface area contributed by atoms with Crippen LogP contribution in [-0.2, 0) is 4.79 Å². The molecule has 3 N–H and O–H groups in total. The summed E-state index contributed by atoms with van der Waals surface area (Å²) in [4.78, 5) is 27.2. The van der Waals surface area contributed by atoms with E-state index in [4.69, 9.17) is 5.11 Å². The van der Waals surface area contributed by atoms with E-state index in [-0.39, 0.29) is 18.0 Å². The monoisotopic (exact) mass is 347 g/mol. The maximum Gasteiger partial charge on any atom is 0.407 e. The zero-order valence-electron chi connectivity index (χ0n) is 13.0. The highest BCUT2D eigenvalue weighted by Crippen LogP contribution is 2.39. The van der Waals surface area contributed by atoms with E-state index in [9.17, 15) is 9.59 Å². The highest BCUT2D eigenvalue weighted by atomic mass is 32.2. The van der Waals surface area contributed by atoms with Gasteiger partial charge in [-0.05, 0) is 25.1 Å². The number of amidine groups is 1. The Kier molecular flexibility index (Phi) is 3.52. The third-order valence-corrected chi connectivity index (χ3v) is 5.50. The standard InChI is InChI=1S/C15H17N5O3S/c1-8-14(21)18-17-13-7-24-12-3-2-9(4-11(12)20(8)13)16-10-5-19(6-10)15(22)23/h2-4,8,10,16H,5-7H2,1H3,(H,18,21)(H,22,23). The Morgan fingerprint density at radius 3 is 3.00 bits per heavy atom. The lowest BCUT2D eigenvalue weighted by Gasteiger charge is -2.40. The van der Waals surface area contributed by atoms with Crippen molar-refractivity contribution in [1.29, 1.82) is 0 Å². The first-order valence-electron chi connectivity index (χ1n) is 7.70. The Balaban J connectivity index is 1.56. The van der Waals surface area contributed by atoms with Gasteiger partial charge in [0, 0.05) is 23.7 Å². The summed E-state index contributed by atoms with van der Waals surface area (Å²) >= 11 is 1.69. The average Bonchev–Trinajstić information content (AvgIpc) is 2.53. The Morgan fingerprint density at radius 1 is 1.46 bits per heavy atom. The molecule has 1 saturated heterocycles. The van der Waals surface area contributed by atoms with Crippen molar-refractivity contribution >= 4 is 41.0 Å². The number of benzene rings is 1. The molecule has 0 saturated carbocycles. The molecule has 0 spiro atoms. The van der Waals surface area contributed by atoms with Crippen LogP contribution < -0.4 is 15.6 Å². The molecule has 3 aliphatic heterocycles. The molecule has 1 aromatic rings. The van der Waals surface area contributed by atoms with Gasteiger partial charge in [-0.3, -0.25) is 4.79 Å². The van der Waals surface area contributed by atoms with Crippen molar-refractivity contribution in [2.24, 2.45) is 5.10 Å². The number of amides is 2. The van der Waals surface area contributed by atoms with Gasteiger partial charge in [0.1, 0.15) is 11.9 Å². The molecule has 1 fully saturated rings. The summed E-state index contributed by atoms with van der Waals surface area (Å²) in [6.45, 7) is 2.83. The van der Waals surface area contributed by atoms with Crippen molar-refractivity contribution in [2.75, 3.05) is 29.1 Å². The maximum atomic E-state index is 11.9. The van der Waals surface area contributed by atoms with Gasteiger partial charge >= 0.3 is 6.09 Å². The summed E-state index contributed by atoms with van der Waals surface area (Å²) in [5, 5.41) is 16.4. The van der Waals surface area contributed by atoms with E-state index in [1.165, 1.54) is 4.90 Å². The van der Waals surface area contributed by atoms with Gasteiger partial charge in [-0.1, -0.05) is 0 Å². The van der Waals surface area contributed by atoms with E-state index >= 15 is 0 Å². The summed E-state index contributed by atoms with van der Waals surface area (Å²) in [5.41, 5.74) is 4.44. The molecule has 8 nitrogen and oxygen atoms in total. The van der Waals surface area contributed by atoms with Crippen LogP contribution in [0.15, 0.2) is 28.2 Å². The summed E-state index contributed by atoms with van der Waals surface area (Å²) in [6.07, 6.45) is -0.885. The van der Waals surface area contributed by atoms with Crippen molar-refractivity contribution in [3.05, 3.63) is 18.2 Å². The first-order chi connectivity index (χ1) is 11.5. The maximum absolute atomic E-state index is 11.9. The highest BCUT2D eigenvalue weighted by molar-refractivity contribution is 8.00. The molecule has 0 radical (unpaired) electrons. The molecule has 3 heterocycles. The Hall–Kier alpha value is -2.42. The lowest BCUT2D eigenvalue weighted by molar-refractivity contribution is -0.122. The molecular weight excluding hydrogens is 330 g/mol. The average molecular weight is 347 g/mol. The van der Waals surface area contributed by atoms with Gasteiger partial charge in [0.05, 0.1) is 17.5 Å². The molecule has 24 heavy (non-hydrogen) atoms. The zero-order chi connectivity index (χ0) is 16.8. The van der Waals surface area contributed by atoms with Crippen molar-refractivity contribution in [2.45, 2.75) is 23.9 Å². The van der Waals surface area contributed by atoms with Gasteiger partial charge in [0.15, 0.2) is 0 Å². The predicted molar refractivity (Wildman–Crippen MR) is 91.7 cm³/mol. The number of anilines is 2. The van der Waals surface area contributed by atoms with Gasteiger partial charge < -0.3 is 20.2 Å². The van der Waals surface area contributed by atoms with Crippen LogP contribution in [0.3, 0.4) is 0 Å². The topological polar surface area (TPSA) is 97.3 Å². The number of hydrazone groups is 1. The second kappa shape index (κ2) is 5.59. The molecule has 0 aromatic heterocycles. The van der Waals surface area contributed by atoms with Crippen LogP contribution in [0.1, 0.15) is 6.92 Å². The number of rotatable bonds is 2. The second-order valence-corrected chi connectivity index (χ2v) is 7.07. The lowest BCUT2D eigenvalue weighted by Crippen LogP contribution is -2.56. The molecule has 9 heteroatoms. The fourth-order valence-electron chi connectivity index (χ4n) is 3.08. The number of nitrogens with zero attached hydrogens (tertiary/aromatic N) is 3. The van der Waals surface area contributed by atoms with Crippen molar-refractivity contribution in [3.8, 4) is 0 Å². The van der Waals surface area contributed by atoms with Gasteiger partial charge in [-0.2, -0.15) is 5.10 Å². The van der Waals surface area contributed by atoms with Crippen LogP contribution in [0, 0.1) is 0 Å². The van der Waals surface area contributed by atoms with E-state index in [0.717, 1.165) is 27.9 Å². The third kappa shape index (κ3) is 2.44. The highest BCUT2D eigenvalue weighted by Gasteiger charge is 2.35. The quantitative estimate of drug-likeness (QED) is 0.744. The molecule has 1 aromatic carbocycles. The first-order valence-corrected chi connectivity index (χ1v) is 8.68. The van der Waals surface area contributed by atoms with Crippen molar-refractivity contribution in [1.82, 2.24) is 10.3 Å². The van der Waals surface area contributed by atoms with Crippen LogP contribution >= 0.6 is 11.8 Å². The predicted octanol–water partition coefficient (Wildman–Crippen LogP) is 1.20. The molecule has 126 valence electrons. The largest absolute Gasteiger partial charge is 0.465 e. The molecule has 1 unspecified atom stereocenters. The number of likely N-dealkylation sites (tertiary alicyclic amines) is 1. The van der Waals surface area contributed by atoms with Crippen LogP contribution in [0.25, 0.3) is 0 Å². The SMILES string of the molecule is CC1C(=O)NN=C2CSc3ccc(NC4CN(C(=O)O)C4)cc3N21. The van der Waals surface area contributed by atoms with Crippen LogP contribution in [0.5, 0.6) is 0 Å². The molecule has 1 atom stereocenters. The minimum Gasteiger partial charge on any atom is -0.465 e. The van der Waals surface area contributed by atoms with Crippen LogP contribution in [-0.4, -0.2) is 58.8 Å². The lowest BCUT2D eigenvalue weighted by atomic mass is 10.1. The van der Waals surface area contributed by atoms with E-state index in [1.54, 1.807) is 11.8 Å². The Labute approximate surface area is 142 Å². The van der Waals surface area contributed by atoms with E-state index in [2.05, 4.69) is 15.8 Å². The minimum absolute atomic E-state index is 0.116. The summed E-state index contributed by atoms with van der Waals surface area (Å²) in [6, 6.07) is 5.84. The molecule has 0 aliphatic carbocycles. The van der Waals surface area contributed by atoms with Crippen LogP contribution in [0.4, 0.5) is 16.2 Å². The number of hydrogen-bond acceptors (Lipinski definition) is 6. The number of thioether (sulfide) groups is 1.